The predicted octanol–water partition coefficient (Wildman–Crippen LogP) is 3.00. The zero-order valence-corrected chi connectivity index (χ0v) is 14.6. The van der Waals surface area contributed by atoms with Crippen molar-refractivity contribution in [1.29, 1.82) is 0 Å². The highest BCUT2D eigenvalue weighted by Gasteiger charge is 2.18. The summed E-state index contributed by atoms with van der Waals surface area (Å²) in [6.07, 6.45) is 0.801. The number of benzene rings is 1. The number of ether oxygens (including phenoxy) is 1. The van der Waals surface area contributed by atoms with E-state index in [0.717, 1.165) is 16.9 Å². The van der Waals surface area contributed by atoms with Crippen molar-refractivity contribution in [2.24, 2.45) is 0 Å². The second-order valence-electron chi connectivity index (χ2n) is 6.08. The van der Waals surface area contributed by atoms with Gasteiger partial charge in [-0.15, -0.1) is 0 Å². The van der Waals surface area contributed by atoms with Crippen LogP contribution in [0.3, 0.4) is 0 Å². The van der Waals surface area contributed by atoms with Crippen LogP contribution in [0.4, 0.5) is 15.6 Å². The molecule has 1 aromatic heterocycles. The van der Waals surface area contributed by atoms with Gasteiger partial charge in [0.15, 0.2) is 5.13 Å². The second kappa shape index (κ2) is 7.31. The van der Waals surface area contributed by atoms with Crippen molar-refractivity contribution in [3.05, 3.63) is 40.9 Å². The standard InChI is InChI=1S/C16H20N4O3S/c1-16(2,3)23-15(22)20-14-19-9-12(24-14)13(21)18-8-10-5-4-6-11(17)7-10/h4-7,9H,8,17H2,1-3H3,(H,18,21)(H,19,20,22). The summed E-state index contributed by atoms with van der Waals surface area (Å²) in [7, 11) is 0. The Kier molecular flexibility index (Phi) is 5.40. The van der Waals surface area contributed by atoms with Crippen molar-refractivity contribution in [3.8, 4) is 0 Å². The fraction of sp³-hybridized carbons (Fsp3) is 0.312. The number of hydrogen-bond acceptors (Lipinski definition) is 6. The van der Waals surface area contributed by atoms with Crippen LogP contribution in [0.2, 0.25) is 0 Å². The van der Waals surface area contributed by atoms with Crippen LogP contribution in [-0.4, -0.2) is 22.6 Å². The number of amides is 2. The molecule has 1 heterocycles. The molecule has 0 bridgehead atoms. The summed E-state index contributed by atoms with van der Waals surface area (Å²) in [4.78, 5) is 28.2. The third-order valence-electron chi connectivity index (χ3n) is 2.74. The summed E-state index contributed by atoms with van der Waals surface area (Å²) in [6.45, 7) is 5.66. The summed E-state index contributed by atoms with van der Waals surface area (Å²) in [6, 6.07) is 7.27. The Balaban J connectivity index is 1.90. The predicted molar refractivity (Wildman–Crippen MR) is 94.0 cm³/mol. The number of hydrogen-bond donors (Lipinski definition) is 3. The summed E-state index contributed by atoms with van der Waals surface area (Å²) < 4.78 is 5.13. The van der Waals surface area contributed by atoms with Gasteiger partial charge < -0.3 is 15.8 Å². The average Bonchev–Trinajstić information content (AvgIpc) is 2.91. The molecule has 4 N–H and O–H groups in total. The lowest BCUT2D eigenvalue weighted by atomic mass is 10.2. The Morgan fingerprint density at radius 3 is 2.75 bits per heavy atom. The first-order valence-electron chi connectivity index (χ1n) is 7.31. The molecule has 2 rings (SSSR count). The Morgan fingerprint density at radius 2 is 2.08 bits per heavy atom. The van der Waals surface area contributed by atoms with Gasteiger partial charge >= 0.3 is 6.09 Å². The van der Waals surface area contributed by atoms with Gasteiger partial charge in [0, 0.05) is 12.2 Å². The third kappa shape index (κ3) is 5.54. The molecule has 128 valence electrons. The van der Waals surface area contributed by atoms with E-state index < -0.39 is 11.7 Å². The van der Waals surface area contributed by atoms with Gasteiger partial charge in [-0.2, -0.15) is 0 Å². The van der Waals surface area contributed by atoms with Crippen LogP contribution in [-0.2, 0) is 11.3 Å². The first-order chi connectivity index (χ1) is 11.2. The molecule has 0 unspecified atom stereocenters. The highest BCUT2D eigenvalue weighted by atomic mass is 32.1. The quantitative estimate of drug-likeness (QED) is 0.736. The molecule has 0 saturated heterocycles. The van der Waals surface area contributed by atoms with Gasteiger partial charge in [0.25, 0.3) is 5.91 Å². The number of carbonyl (C=O) groups is 2. The van der Waals surface area contributed by atoms with Crippen molar-refractivity contribution in [2.45, 2.75) is 32.9 Å². The van der Waals surface area contributed by atoms with Crippen LogP contribution >= 0.6 is 11.3 Å². The molecule has 1 aromatic carbocycles. The number of nitrogens with two attached hydrogens (primary N) is 1. The first-order valence-corrected chi connectivity index (χ1v) is 8.13. The van der Waals surface area contributed by atoms with Crippen LogP contribution in [0.5, 0.6) is 0 Å². The highest BCUT2D eigenvalue weighted by Crippen LogP contribution is 2.19. The summed E-state index contributed by atoms with van der Waals surface area (Å²) in [5.74, 6) is -0.271. The van der Waals surface area contributed by atoms with E-state index in [4.69, 9.17) is 10.5 Å². The number of nitrogen functional groups attached to an aromatic ring is 1. The normalized spacial score (nSPS) is 11.0. The molecule has 0 spiro atoms. The van der Waals surface area contributed by atoms with Crippen molar-refractivity contribution in [1.82, 2.24) is 10.3 Å². The molecule has 0 aliphatic heterocycles. The maximum atomic E-state index is 12.1. The largest absolute Gasteiger partial charge is 0.444 e. The van der Waals surface area contributed by atoms with E-state index in [2.05, 4.69) is 15.6 Å². The minimum Gasteiger partial charge on any atom is -0.444 e. The van der Waals surface area contributed by atoms with E-state index in [-0.39, 0.29) is 5.91 Å². The molecule has 2 amide bonds. The van der Waals surface area contributed by atoms with Gasteiger partial charge in [-0.1, -0.05) is 23.5 Å². The lowest BCUT2D eigenvalue weighted by Gasteiger charge is -2.18. The maximum Gasteiger partial charge on any atom is 0.413 e. The average molecular weight is 348 g/mol. The molecule has 0 radical (unpaired) electrons. The fourth-order valence-electron chi connectivity index (χ4n) is 1.80. The molecule has 7 nitrogen and oxygen atoms in total. The van der Waals surface area contributed by atoms with Crippen LogP contribution in [0, 0.1) is 0 Å². The van der Waals surface area contributed by atoms with Crippen LogP contribution < -0.4 is 16.4 Å². The van der Waals surface area contributed by atoms with Crippen molar-refractivity contribution < 1.29 is 14.3 Å². The molecular formula is C16H20N4O3S. The van der Waals surface area contributed by atoms with E-state index in [1.165, 1.54) is 6.20 Å². The molecule has 8 heteroatoms. The molecule has 0 aliphatic carbocycles. The van der Waals surface area contributed by atoms with Crippen molar-refractivity contribution >= 4 is 34.2 Å². The molecule has 0 saturated carbocycles. The zero-order valence-electron chi connectivity index (χ0n) is 13.8. The van der Waals surface area contributed by atoms with E-state index in [1.54, 1.807) is 32.9 Å². The molecule has 2 aromatic rings. The minimum absolute atomic E-state index is 0.271. The van der Waals surface area contributed by atoms with Crippen LogP contribution in [0.15, 0.2) is 30.5 Å². The highest BCUT2D eigenvalue weighted by molar-refractivity contribution is 7.17. The Bertz CT molecular complexity index is 737. The Labute approximate surface area is 144 Å². The Hall–Kier alpha value is -2.61. The fourth-order valence-corrected chi connectivity index (χ4v) is 2.52. The number of rotatable bonds is 4. The van der Waals surface area contributed by atoms with Gasteiger partial charge in [-0.05, 0) is 38.5 Å². The Morgan fingerprint density at radius 1 is 1.33 bits per heavy atom. The van der Waals surface area contributed by atoms with Crippen LogP contribution in [0.1, 0.15) is 36.0 Å². The SMILES string of the molecule is CC(C)(C)OC(=O)Nc1ncc(C(=O)NCc2cccc(N)c2)s1. The first kappa shape index (κ1) is 17.7. The molecule has 0 atom stereocenters. The smallest absolute Gasteiger partial charge is 0.413 e. The minimum atomic E-state index is -0.608. The molecule has 24 heavy (non-hydrogen) atoms. The van der Waals surface area contributed by atoms with Gasteiger partial charge in [-0.3, -0.25) is 10.1 Å². The number of anilines is 2. The van der Waals surface area contributed by atoms with Crippen molar-refractivity contribution in [2.75, 3.05) is 11.1 Å². The van der Waals surface area contributed by atoms with Crippen LogP contribution in [0.25, 0.3) is 0 Å². The topological polar surface area (TPSA) is 106 Å². The van der Waals surface area contributed by atoms with Gasteiger partial charge in [0.1, 0.15) is 10.5 Å². The van der Waals surface area contributed by atoms with Crippen molar-refractivity contribution in [3.63, 3.8) is 0 Å². The van der Waals surface area contributed by atoms with Gasteiger partial charge in [0.05, 0.1) is 6.20 Å². The number of nitrogens with one attached hydrogen (secondary N) is 2. The second-order valence-corrected chi connectivity index (χ2v) is 7.11. The molecular weight excluding hydrogens is 328 g/mol. The lowest BCUT2D eigenvalue weighted by Crippen LogP contribution is -2.27. The maximum absolute atomic E-state index is 12.1. The van der Waals surface area contributed by atoms with E-state index in [0.29, 0.717) is 22.2 Å². The summed E-state index contributed by atoms with van der Waals surface area (Å²) >= 11 is 1.07. The molecule has 0 aliphatic rings. The molecule has 0 fully saturated rings. The monoisotopic (exact) mass is 348 g/mol. The summed E-state index contributed by atoms with van der Waals surface area (Å²) in [5.41, 5.74) is 6.64. The lowest BCUT2D eigenvalue weighted by molar-refractivity contribution is 0.0635. The number of aromatic nitrogens is 1. The van der Waals surface area contributed by atoms with E-state index in [1.807, 2.05) is 12.1 Å². The van der Waals surface area contributed by atoms with E-state index in [9.17, 15) is 9.59 Å². The zero-order chi connectivity index (χ0) is 17.7. The summed E-state index contributed by atoms with van der Waals surface area (Å²) in [5, 5.41) is 5.59. The number of carbonyl (C=O) groups excluding carboxylic acids is 2. The number of nitrogens with zero attached hydrogens (tertiary/aromatic N) is 1. The van der Waals surface area contributed by atoms with Gasteiger partial charge in [-0.25, -0.2) is 9.78 Å². The van der Waals surface area contributed by atoms with Gasteiger partial charge in [0.2, 0.25) is 0 Å². The van der Waals surface area contributed by atoms with E-state index >= 15 is 0 Å². The third-order valence-corrected chi connectivity index (χ3v) is 3.65. The number of thiazole rings is 1.